The number of anilines is 2. The molecule has 158 valence electrons. The molecule has 7 heteroatoms. The second-order valence-corrected chi connectivity index (χ2v) is 7.85. The molecule has 0 fully saturated rings. The first-order chi connectivity index (χ1) is 15.0. The van der Waals surface area contributed by atoms with E-state index in [-0.39, 0.29) is 11.8 Å². The molecule has 2 amide bonds. The molecule has 3 aromatic carbocycles. The van der Waals surface area contributed by atoms with Gasteiger partial charge >= 0.3 is 0 Å². The van der Waals surface area contributed by atoms with Crippen LogP contribution in [0.4, 0.5) is 11.4 Å². The Labute approximate surface area is 188 Å². The van der Waals surface area contributed by atoms with Gasteiger partial charge in [-0.05, 0) is 70.4 Å². The molecule has 0 aromatic heterocycles. The topological polar surface area (TPSA) is 67.9 Å². The predicted octanol–water partition coefficient (Wildman–Crippen LogP) is 4.92. The van der Waals surface area contributed by atoms with E-state index in [4.69, 9.17) is 9.47 Å². The van der Waals surface area contributed by atoms with Gasteiger partial charge in [0.15, 0.2) is 0 Å². The molecule has 1 heterocycles. The fourth-order valence-corrected chi connectivity index (χ4v) is 4.16. The van der Waals surface area contributed by atoms with Gasteiger partial charge in [-0.25, -0.2) is 0 Å². The van der Waals surface area contributed by atoms with Crippen molar-refractivity contribution in [3.05, 3.63) is 81.8 Å². The summed E-state index contributed by atoms with van der Waals surface area (Å²) in [7, 11) is 3.05. The molecule has 0 radical (unpaired) electrons. The fourth-order valence-electron chi connectivity index (χ4n) is 3.60. The first-order valence-electron chi connectivity index (χ1n) is 9.74. The lowest BCUT2D eigenvalue weighted by Gasteiger charge is -2.17. The number of para-hydroxylation sites is 1. The third-order valence-corrected chi connectivity index (χ3v) is 6.01. The minimum absolute atomic E-state index is 0.0507. The largest absolute Gasteiger partial charge is 0.495 e. The molecule has 0 saturated heterocycles. The minimum Gasteiger partial charge on any atom is -0.495 e. The smallest absolute Gasteiger partial charge is 0.258 e. The molecule has 0 spiro atoms. The maximum Gasteiger partial charge on any atom is 0.258 e. The number of hydrogen-bond acceptors (Lipinski definition) is 4. The molecule has 0 saturated carbocycles. The van der Waals surface area contributed by atoms with E-state index in [2.05, 4.69) is 21.2 Å². The number of rotatable bonds is 5. The lowest BCUT2D eigenvalue weighted by atomic mass is 10.1. The van der Waals surface area contributed by atoms with Crippen molar-refractivity contribution in [2.75, 3.05) is 31.0 Å². The van der Waals surface area contributed by atoms with Crippen molar-refractivity contribution >= 4 is 39.1 Å². The standard InChI is InChI=1S/C24H21BrN2O4/c1-30-20-13-17(14-21(31-2)22(20)25)23(28)26-18-9-7-16(8-10-18)24(29)27-12-11-15-5-3-4-6-19(15)27/h3-10,13-14H,11-12H2,1-2H3,(H,26,28). The lowest BCUT2D eigenvalue weighted by Crippen LogP contribution is -2.28. The number of methoxy groups -OCH3 is 2. The van der Waals surface area contributed by atoms with E-state index >= 15 is 0 Å². The van der Waals surface area contributed by atoms with E-state index in [0.717, 1.165) is 12.1 Å². The Morgan fingerprint density at radius 3 is 2.23 bits per heavy atom. The van der Waals surface area contributed by atoms with Crippen LogP contribution in [0.25, 0.3) is 0 Å². The molecule has 0 aliphatic carbocycles. The highest BCUT2D eigenvalue weighted by molar-refractivity contribution is 9.10. The van der Waals surface area contributed by atoms with Crippen molar-refractivity contribution in [2.24, 2.45) is 0 Å². The number of halogens is 1. The van der Waals surface area contributed by atoms with Gasteiger partial charge in [0.25, 0.3) is 11.8 Å². The minimum atomic E-state index is -0.309. The summed E-state index contributed by atoms with van der Waals surface area (Å²) in [6.07, 6.45) is 0.857. The van der Waals surface area contributed by atoms with Crippen molar-refractivity contribution in [2.45, 2.75) is 6.42 Å². The third-order valence-electron chi connectivity index (χ3n) is 5.23. The summed E-state index contributed by atoms with van der Waals surface area (Å²) in [5.74, 6) is 0.634. The molecular formula is C24H21BrN2O4. The van der Waals surface area contributed by atoms with Gasteiger partial charge in [-0.3, -0.25) is 9.59 Å². The fraction of sp³-hybridized carbons (Fsp3) is 0.167. The number of nitrogens with one attached hydrogen (secondary N) is 1. The molecular weight excluding hydrogens is 460 g/mol. The number of hydrogen-bond donors (Lipinski definition) is 1. The van der Waals surface area contributed by atoms with E-state index in [1.165, 1.54) is 19.8 Å². The lowest BCUT2D eigenvalue weighted by molar-refractivity contribution is 0.0988. The second-order valence-electron chi connectivity index (χ2n) is 7.06. The highest BCUT2D eigenvalue weighted by Crippen LogP contribution is 2.36. The number of ether oxygens (including phenoxy) is 2. The average molecular weight is 481 g/mol. The molecule has 1 aliphatic rings. The zero-order chi connectivity index (χ0) is 22.0. The molecule has 1 aliphatic heterocycles. The second kappa shape index (κ2) is 8.81. The Morgan fingerprint density at radius 2 is 1.58 bits per heavy atom. The van der Waals surface area contributed by atoms with Crippen molar-refractivity contribution in [3.8, 4) is 11.5 Å². The van der Waals surface area contributed by atoms with Gasteiger partial charge in [0.05, 0.1) is 14.2 Å². The van der Waals surface area contributed by atoms with Gasteiger partial charge in [0, 0.05) is 29.0 Å². The van der Waals surface area contributed by atoms with Gasteiger partial charge in [0.1, 0.15) is 16.0 Å². The van der Waals surface area contributed by atoms with E-state index in [9.17, 15) is 9.59 Å². The molecule has 3 aromatic rings. The number of carbonyl (C=O) groups is 2. The van der Waals surface area contributed by atoms with E-state index < -0.39 is 0 Å². The van der Waals surface area contributed by atoms with E-state index in [0.29, 0.717) is 39.3 Å². The van der Waals surface area contributed by atoms with Crippen LogP contribution in [0.5, 0.6) is 11.5 Å². The number of carbonyl (C=O) groups excluding carboxylic acids is 2. The molecule has 4 rings (SSSR count). The monoisotopic (exact) mass is 480 g/mol. The van der Waals surface area contributed by atoms with Gasteiger partial charge in [-0.15, -0.1) is 0 Å². The van der Waals surface area contributed by atoms with Gasteiger partial charge in [-0.1, -0.05) is 18.2 Å². The van der Waals surface area contributed by atoms with Crippen LogP contribution in [-0.4, -0.2) is 32.6 Å². The van der Waals surface area contributed by atoms with Crippen molar-refractivity contribution in [1.29, 1.82) is 0 Å². The van der Waals surface area contributed by atoms with E-state index in [1.807, 2.05) is 24.3 Å². The van der Waals surface area contributed by atoms with Crippen molar-refractivity contribution in [1.82, 2.24) is 0 Å². The van der Waals surface area contributed by atoms with Crippen LogP contribution in [0.1, 0.15) is 26.3 Å². The maximum absolute atomic E-state index is 12.9. The summed E-state index contributed by atoms with van der Waals surface area (Å²) in [5.41, 5.74) is 3.69. The number of nitrogens with zero attached hydrogens (tertiary/aromatic N) is 1. The van der Waals surface area contributed by atoms with Crippen LogP contribution < -0.4 is 19.7 Å². The number of benzene rings is 3. The Balaban J connectivity index is 1.49. The normalized spacial score (nSPS) is 12.3. The quantitative estimate of drug-likeness (QED) is 0.562. The third kappa shape index (κ3) is 4.14. The average Bonchev–Trinajstić information content (AvgIpc) is 3.23. The Bertz CT molecular complexity index is 1120. The molecule has 6 nitrogen and oxygen atoms in total. The molecule has 0 atom stereocenters. The van der Waals surface area contributed by atoms with Crippen LogP contribution in [0.3, 0.4) is 0 Å². The van der Waals surface area contributed by atoms with Crippen LogP contribution >= 0.6 is 15.9 Å². The van der Waals surface area contributed by atoms with Gasteiger partial charge < -0.3 is 19.7 Å². The first-order valence-corrected chi connectivity index (χ1v) is 10.5. The highest BCUT2D eigenvalue weighted by atomic mass is 79.9. The summed E-state index contributed by atoms with van der Waals surface area (Å²) < 4.78 is 11.2. The Kier molecular flexibility index (Phi) is 5.95. The van der Waals surface area contributed by atoms with Crippen LogP contribution in [0.15, 0.2) is 65.1 Å². The summed E-state index contributed by atoms with van der Waals surface area (Å²) in [5, 5.41) is 2.84. The summed E-state index contributed by atoms with van der Waals surface area (Å²) in [6.45, 7) is 0.671. The highest BCUT2D eigenvalue weighted by Gasteiger charge is 2.25. The first kappa shape index (κ1) is 20.9. The Hall–Kier alpha value is -3.32. The molecule has 0 unspecified atom stereocenters. The van der Waals surface area contributed by atoms with Crippen LogP contribution in [-0.2, 0) is 6.42 Å². The number of fused-ring (bicyclic) bond motifs is 1. The molecule has 1 N–H and O–H groups in total. The van der Waals surface area contributed by atoms with Crippen LogP contribution in [0.2, 0.25) is 0 Å². The van der Waals surface area contributed by atoms with Crippen molar-refractivity contribution < 1.29 is 19.1 Å². The maximum atomic E-state index is 12.9. The van der Waals surface area contributed by atoms with Gasteiger partial charge in [-0.2, -0.15) is 0 Å². The van der Waals surface area contributed by atoms with Gasteiger partial charge in [0.2, 0.25) is 0 Å². The van der Waals surface area contributed by atoms with Crippen molar-refractivity contribution in [3.63, 3.8) is 0 Å². The number of amides is 2. The summed E-state index contributed by atoms with van der Waals surface area (Å²) >= 11 is 3.39. The summed E-state index contributed by atoms with van der Waals surface area (Å²) in [4.78, 5) is 27.5. The zero-order valence-electron chi connectivity index (χ0n) is 17.1. The summed E-state index contributed by atoms with van der Waals surface area (Å²) in [6, 6.07) is 18.1. The Morgan fingerprint density at radius 1 is 0.935 bits per heavy atom. The predicted molar refractivity (Wildman–Crippen MR) is 123 cm³/mol. The SMILES string of the molecule is COc1cc(C(=O)Nc2ccc(C(=O)N3CCc4ccccc43)cc2)cc(OC)c1Br. The van der Waals surface area contributed by atoms with E-state index in [1.54, 1.807) is 41.3 Å². The molecule has 31 heavy (non-hydrogen) atoms. The van der Waals surface area contributed by atoms with Crippen LogP contribution in [0, 0.1) is 0 Å². The molecule has 0 bridgehead atoms. The zero-order valence-corrected chi connectivity index (χ0v) is 18.7.